The Labute approximate surface area is 112 Å². The minimum atomic E-state index is 0.785. The molecule has 3 nitrogen and oxygen atoms in total. The number of aromatic nitrogens is 2. The Morgan fingerprint density at radius 3 is 2.63 bits per heavy atom. The zero-order valence-corrected chi connectivity index (χ0v) is 11.2. The summed E-state index contributed by atoms with van der Waals surface area (Å²) in [5, 5.41) is 0. The highest BCUT2D eigenvalue weighted by Gasteiger charge is 2.07. The number of rotatable bonds is 2. The maximum atomic E-state index is 5.84. The van der Waals surface area contributed by atoms with Gasteiger partial charge >= 0.3 is 0 Å². The van der Waals surface area contributed by atoms with Crippen LogP contribution in [0.4, 0.5) is 5.69 Å². The van der Waals surface area contributed by atoms with Crippen LogP contribution < -0.4 is 5.73 Å². The van der Waals surface area contributed by atoms with Gasteiger partial charge in [0.05, 0.1) is 11.0 Å². The summed E-state index contributed by atoms with van der Waals surface area (Å²) in [7, 11) is 2.06. The lowest BCUT2D eigenvalue weighted by Crippen LogP contribution is -1.94. The zero-order valence-electron chi connectivity index (χ0n) is 11.2. The van der Waals surface area contributed by atoms with E-state index in [2.05, 4.69) is 47.8 Å². The number of aryl methyl sites for hydroxylation is 2. The maximum absolute atomic E-state index is 5.84. The second kappa shape index (κ2) is 4.43. The Kier molecular flexibility index (Phi) is 2.75. The minimum Gasteiger partial charge on any atom is -0.399 e. The summed E-state index contributed by atoms with van der Waals surface area (Å²) in [6, 6.07) is 14.3. The summed E-state index contributed by atoms with van der Waals surface area (Å²) < 4.78 is 2.15. The van der Waals surface area contributed by atoms with Crippen LogP contribution in [0.5, 0.6) is 0 Å². The lowest BCUT2D eigenvalue weighted by molar-refractivity contribution is 0.829. The molecule has 1 heterocycles. The van der Waals surface area contributed by atoms with Crippen molar-refractivity contribution in [3.63, 3.8) is 0 Å². The molecule has 0 amide bonds. The lowest BCUT2D eigenvalue weighted by atomic mass is 10.0. The van der Waals surface area contributed by atoms with Crippen LogP contribution in [0.2, 0.25) is 0 Å². The van der Waals surface area contributed by atoms with E-state index in [0.717, 1.165) is 34.6 Å². The molecule has 0 spiro atoms. The number of fused-ring (bicyclic) bond motifs is 1. The van der Waals surface area contributed by atoms with Crippen LogP contribution >= 0.6 is 0 Å². The van der Waals surface area contributed by atoms with E-state index < -0.39 is 0 Å². The van der Waals surface area contributed by atoms with Crippen molar-refractivity contribution >= 4 is 16.7 Å². The standard InChI is InChI=1S/C16H17N3/c1-3-16-18-14-10-12(7-8-15(14)19(16)2)11-5-4-6-13(17)9-11/h4-10H,3,17H2,1-2H3. The number of anilines is 1. The average molecular weight is 251 g/mol. The molecule has 0 unspecified atom stereocenters. The number of hydrogen-bond acceptors (Lipinski definition) is 2. The summed E-state index contributed by atoms with van der Waals surface area (Å²) in [5.41, 5.74) is 11.1. The predicted molar refractivity (Wildman–Crippen MR) is 79.9 cm³/mol. The van der Waals surface area contributed by atoms with Gasteiger partial charge in [-0.2, -0.15) is 0 Å². The zero-order chi connectivity index (χ0) is 13.4. The highest BCUT2D eigenvalue weighted by molar-refractivity contribution is 5.83. The maximum Gasteiger partial charge on any atom is 0.109 e. The smallest absolute Gasteiger partial charge is 0.109 e. The molecule has 0 radical (unpaired) electrons. The molecule has 0 saturated carbocycles. The molecule has 3 heteroatoms. The fourth-order valence-electron chi connectivity index (χ4n) is 2.46. The van der Waals surface area contributed by atoms with Gasteiger partial charge in [0, 0.05) is 19.2 Å². The molecule has 0 bridgehead atoms. The van der Waals surface area contributed by atoms with Crippen molar-refractivity contribution in [3.8, 4) is 11.1 Å². The molecule has 3 rings (SSSR count). The van der Waals surface area contributed by atoms with Crippen molar-refractivity contribution in [2.45, 2.75) is 13.3 Å². The highest BCUT2D eigenvalue weighted by atomic mass is 15.1. The largest absolute Gasteiger partial charge is 0.399 e. The Morgan fingerprint density at radius 2 is 1.89 bits per heavy atom. The van der Waals surface area contributed by atoms with Crippen molar-refractivity contribution in [2.24, 2.45) is 7.05 Å². The van der Waals surface area contributed by atoms with Gasteiger partial charge in [-0.15, -0.1) is 0 Å². The Bertz CT molecular complexity index is 741. The second-order valence-corrected chi connectivity index (χ2v) is 4.77. The Morgan fingerprint density at radius 1 is 1.11 bits per heavy atom. The van der Waals surface area contributed by atoms with E-state index in [4.69, 9.17) is 5.73 Å². The molecule has 1 aromatic heterocycles. The van der Waals surface area contributed by atoms with Gasteiger partial charge in [-0.05, 0) is 35.4 Å². The van der Waals surface area contributed by atoms with Gasteiger partial charge in [-0.25, -0.2) is 4.98 Å². The van der Waals surface area contributed by atoms with E-state index in [1.165, 1.54) is 5.52 Å². The SMILES string of the molecule is CCc1nc2cc(-c3cccc(N)c3)ccc2n1C. The van der Waals surface area contributed by atoms with E-state index in [1.807, 2.05) is 18.2 Å². The molecule has 0 saturated heterocycles. The molecular formula is C16H17N3. The van der Waals surface area contributed by atoms with Crippen LogP contribution in [0.25, 0.3) is 22.2 Å². The minimum absolute atomic E-state index is 0.785. The third kappa shape index (κ3) is 1.97. The molecule has 3 aromatic rings. The second-order valence-electron chi connectivity index (χ2n) is 4.77. The highest BCUT2D eigenvalue weighted by Crippen LogP contribution is 2.25. The van der Waals surface area contributed by atoms with Crippen LogP contribution in [0.1, 0.15) is 12.7 Å². The van der Waals surface area contributed by atoms with Gasteiger partial charge in [-0.1, -0.05) is 25.1 Å². The summed E-state index contributed by atoms with van der Waals surface area (Å²) in [6.07, 6.45) is 0.943. The van der Waals surface area contributed by atoms with Gasteiger partial charge < -0.3 is 10.3 Å². The number of nitrogens with zero attached hydrogens (tertiary/aromatic N) is 2. The summed E-state index contributed by atoms with van der Waals surface area (Å²) in [4.78, 5) is 4.67. The predicted octanol–water partition coefficient (Wildman–Crippen LogP) is 3.38. The summed E-state index contributed by atoms with van der Waals surface area (Å²) in [6.45, 7) is 2.13. The first kappa shape index (κ1) is 11.8. The Hall–Kier alpha value is -2.29. The molecule has 0 atom stereocenters. The normalized spacial score (nSPS) is 11.1. The topological polar surface area (TPSA) is 43.8 Å². The van der Waals surface area contributed by atoms with Crippen molar-refractivity contribution in [1.29, 1.82) is 0 Å². The molecule has 19 heavy (non-hydrogen) atoms. The summed E-state index contributed by atoms with van der Waals surface area (Å²) in [5.74, 6) is 1.11. The molecule has 96 valence electrons. The fraction of sp³-hybridized carbons (Fsp3) is 0.188. The number of hydrogen-bond donors (Lipinski definition) is 1. The molecule has 0 aliphatic rings. The van der Waals surface area contributed by atoms with E-state index in [9.17, 15) is 0 Å². The molecule has 0 aliphatic carbocycles. The van der Waals surface area contributed by atoms with Crippen LogP contribution in [-0.2, 0) is 13.5 Å². The summed E-state index contributed by atoms with van der Waals surface area (Å²) >= 11 is 0. The van der Waals surface area contributed by atoms with E-state index in [-0.39, 0.29) is 0 Å². The lowest BCUT2D eigenvalue weighted by Gasteiger charge is -2.03. The average Bonchev–Trinajstić information content (AvgIpc) is 2.75. The number of benzene rings is 2. The number of nitrogen functional groups attached to an aromatic ring is 1. The van der Waals surface area contributed by atoms with Crippen LogP contribution in [0.3, 0.4) is 0 Å². The van der Waals surface area contributed by atoms with Gasteiger partial charge in [0.2, 0.25) is 0 Å². The van der Waals surface area contributed by atoms with Crippen LogP contribution in [-0.4, -0.2) is 9.55 Å². The van der Waals surface area contributed by atoms with Crippen molar-refractivity contribution in [2.75, 3.05) is 5.73 Å². The first-order valence-electron chi connectivity index (χ1n) is 6.50. The van der Waals surface area contributed by atoms with E-state index in [1.54, 1.807) is 0 Å². The van der Waals surface area contributed by atoms with E-state index in [0.29, 0.717) is 0 Å². The van der Waals surface area contributed by atoms with Crippen molar-refractivity contribution in [1.82, 2.24) is 9.55 Å². The van der Waals surface area contributed by atoms with Crippen molar-refractivity contribution < 1.29 is 0 Å². The fourth-order valence-corrected chi connectivity index (χ4v) is 2.46. The molecule has 2 aromatic carbocycles. The van der Waals surface area contributed by atoms with Crippen LogP contribution in [0, 0.1) is 0 Å². The van der Waals surface area contributed by atoms with Gasteiger partial charge in [0.1, 0.15) is 5.82 Å². The molecular weight excluding hydrogens is 234 g/mol. The third-order valence-electron chi connectivity index (χ3n) is 3.51. The third-order valence-corrected chi connectivity index (χ3v) is 3.51. The van der Waals surface area contributed by atoms with Gasteiger partial charge in [-0.3, -0.25) is 0 Å². The quantitative estimate of drug-likeness (QED) is 0.709. The first-order valence-corrected chi connectivity index (χ1v) is 6.50. The molecule has 2 N–H and O–H groups in total. The Balaban J connectivity index is 2.16. The molecule has 0 fully saturated rings. The number of imidazole rings is 1. The van der Waals surface area contributed by atoms with Crippen molar-refractivity contribution in [3.05, 3.63) is 48.3 Å². The van der Waals surface area contributed by atoms with Crippen LogP contribution in [0.15, 0.2) is 42.5 Å². The first-order chi connectivity index (χ1) is 9.19. The number of nitrogens with two attached hydrogens (primary N) is 1. The van der Waals surface area contributed by atoms with Gasteiger partial charge in [0.15, 0.2) is 0 Å². The van der Waals surface area contributed by atoms with E-state index >= 15 is 0 Å². The molecule has 0 aliphatic heterocycles. The monoisotopic (exact) mass is 251 g/mol. The van der Waals surface area contributed by atoms with Gasteiger partial charge in [0.25, 0.3) is 0 Å².